The number of urea groups is 1. The number of carboxylic acids is 1. The van der Waals surface area contributed by atoms with Gasteiger partial charge < -0.3 is 15.3 Å². The molecule has 2 rings (SSSR count). The van der Waals surface area contributed by atoms with Gasteiger partial charge in [0.15, 0.2) is 0 Å². The van der Waals surface area contributed by atoms with E-state index < -0.39 is 5.97 Å². The van der Waals surface area contributed by atoms with Gasteiger partial charge >= 0.3 is 12.0 Å². The molecule has 1 aliphatic rings. The molecule has 0 radical (unpaired) electrons. The molecule has 0 saturated carbocycles. The number of likely N-dealkylation sites (tertiary alicyclic amines) is 1. The second-order valence-corrected chi connectivity index (χ2v) is 5.84. The van der Waals surface area contributed by atoms with Crippen molar-refractivity contribution >= 4 is 12.0 Å². The van der Waals surface area contributed by atoms with E-state index in [0.717, 1.165) is 24.1 Å². The van der Waals surface area contributed by atoms with Crippen molar-refractivity contribution in [1.82, 2.24) is 10.2 Å². The molecule has 1 saturated heterocycles. The minimum atomic E-state index is -0.865. The summed E-state index contributed by atoms with van der Waals surface area (Å²) in [6.45, 7) is 5.34. The van der Waals surface area contributed by atoms with E-state index in [-0.39, 0.29) is 18.5 Å². The molecule has 1 heterocycles. The van der Waals surface area contributed by atoms with E-state index in [4.69, 9.17) is 5.11 Å². The third-order valence-corrected chi connectivity index (χ3v) is 3.93. The van der Waals surface area contributed by atoms with Crippen LogP contribution in [0.25, 0.3) is 0 Å². The second kappa shape index (κ2) is 6.61. The Hall–Kier alpha value is -2.04. The summed E-state index contributed by atoms with van der Waals surface area (Å²) in [5, 5.41) is 11.8. The fourth-order valence-electron chi connectivity index (χ4n) is 2.92. The average molecular weight is 290 g/mol. The maximum Gasteiger partial charge on any atom is 0.317 e. The van der Waals surface area contributed by atoms with Crippen LogP contribution < -0.4 is 5.32 Å². The van der Waals surface area contributed by atoms with Crippen molar-refractivity contribution in [1.29, 1.82) is 0 Å². The number of aliphatic carboxylic acids is 1. The Kier molecular flexibility index (Phi) is 4.83. The van der Waals surface area contributed by atoms with E-state index in [9.17, 15) is 9.59 Å². The lowest BCUT2D eigenvalue weighted by Crippen LogP contribution is -2.41. The van der Waals surface area contributed by atoms with E-state index >= 15 is 0 Å². The quantitative estimate of drug-likeness (QED) is 0.893. The van der Waals surface area contributed by atoms with Gasteiger partial charge in [0.2, 0.25) is 0 Å². The maximum absolute atomic E-state index is 12.2. The Morgan fingerprint density at radius 2 is 1.95 bits per heavy atom. The Labute approximate surface area is 125 Å². The fraction of sp³-hybridized carbons (Fsp3) is 0.500. The molecule has 114 valence electrons. The Balaban J connectivity index is 1.97. The van der Waals surface area contributed by atoms with Crippen LogP contribution in [0.1, 0.15) is 31.4 Å². The van der Waals surface area contributed by atoms with Crippen molar-refractivity contribution in [3.05, 3.63) is 35.4 Å². The summed E-state index contributed by atoms with van der Waals surface area (Å²) in [5.41, 5.74) is 1.60. The molecule has 2 unspecified atom stereocenters. The normalized spacial score (nSPS) is 21.3. The Morgan fingerprint density at radius 3 is 2.52 bits per heavy atom. The number of hydrogen-bond donors (Lipinski definition) is 2. The number of carbonyl (C=O) groups excluding carboxylic acids is 1. The first kappa shape index (κ1) is 15.4. The predicted molar refractivity (Wildman–Crippen MR) is 80.0 cm³/mol. The number of benzene rings is 1. The molecule has 0 bridgehead atoms. The highest BCUT2D eigenvalue weighted by atomic mass is 16.4. The van der Waals surface area contributed by atoms with E-state index in [1.165, 1.54) is 0 Å². The molecule has 0 aliphatic carbocycles. The van der Waals surface area contributed by atoms with Gasteiger partial charge in [0.1, 0.15) is 0 Å². The SMILES string of the molecule is CC1CC(C)N(C(=O)NCc2ccccc2CC(=O)O)C1. The minimum Gasteiger partial charge on any atom is -0.481 e. The smallest absolute Gasteiger partial charge is 0.317 e. The van der Waals surface area contributed by atoms with Crippen molar-refractivity contribution in [3.8, 4) is 0 Å². The van der Waals surface area contributed by atoms with Crippen LogP contribution in [-0.2, 0) is 17.8 Å². The third kappa shape index (κ3) is 3.97. The molecule has 0 spiro atoms. The number of nitrogens with one attached hydrogen (secondary N) is 1. The molecular formula is C16H22N2O3. The molecule has 2 atom stereocenters. The Morgan fingerprint density at radius 1 is 1.29 bits per heavy atom. The van der Waals surface area contributed by atoms with Gasteiger partial charge in [-0.25, -0.2) is 4.79 Å². The van der Waals surface area contributed by atoms with Crippen LogP contribution in [0, 0.1) is 5.92 Å². The van der Waals surface area contributed by atoms with E-state index in [1.54, 1.807) is 6.07 Å². The third-order valence-electron chi connectivity index (χ3n) is 3.93. The summed E-state index contributed by atoms with van der Waals surface area (Å²) in [4.78, 5) is 24.9. The first-order valence-corrected chi connectivity index (χ1v) is 7.30. The number of amides is 2. The van der Waals surface area contributed by atoms with Crippen LogP contribution in [0.15, 0.2) is 24.3 Å². The van der Waals surface area contributed by atoms with Gasteiger partial charge in [0.25, 0.3) is 0 Å². The van der Waals surface area contributed by atoms with E-state index in [1.807, 2.05) is 23.1 Å². The molecule has 1 aromatic carbocycles. The maximum atomic E-state index is 12.2. The predicted octanol–water partition coefficient (Wildman–Crippen LogP) is 2.25. The van der Waals surface area contributed by atoms with Crippen molar-refractivity contribution in [3.63, 3.8) is 0 Å². The van der Waals surface area contributed by atoms with Crippen molar-refractivity contribution < 1.29 is 14.7 Å². The number of nitrogens with zero attached hydrogens (tertiary/aromatic N) is 1. The second-order valence-electron chi connectivity index (χ2n) is 5.84. The molecule has 5 nitrogen and oxygen atoms in total. The molecule has 5 heteroatoms. The van der Waals surface area contributed by atoms with Crippen molar-refractivity contribution in [2.45, 2.75) is 39.3 Å². The van der Waals surface area contributed by atoms with Gasteiger partial charge in [-0.05, 0) is 30.4 Å². The molecule has 1 fully saturated rings. The number of rotatable bonds is 4. The zero-order valence-electron chi connectivity index (χ0n) is 12.5. The Bertz CT molecular complexity index is 530. The molecular weight excluding hydrogens is 268 g/mol. The van der Waals surface area contributed by atoms with Gasteiger partial charge in [-0.15, -0.1) is 0 Å². The van der Waals surface area contributed by atoms with Crippen molar-refractivity contribution in [2.75, 3.05) is 6.54 Å². The van der Waals surface area contributed by atoms with Gasteiger partial charge in [0, 0.05) is 19.1 Å². The first-order valence-electron chi connectivity index (χ1n) is 7.30. The van der Waals surface area contributed by atoms with Crippen LogP contribution >= 0.6 is 0 Å². The summed E-state index contributed by atoms with van der Waals surface area (Å²) in [6.07, 6.45) is 1.01. The van der Waals surface area contributed by atoms with Crippen LogP contribution in [-0.4, -0.2) is 34.6 Å². The largest absolute Gasteiger partial charge is 0.481 e. The minimum absolute atomic E-state index is 0.0246. The summed E-state index contributed by atoms with van der Waals surface area (Å²) in [7, 11) is 0. The summed E-state index contributed by atoms with van der Waals surface area (Å²) in [5.74, 6) is -0.333. The fourth-order valence-corrected chi connectivity index (χ4v) is 2.92. The molecule has 2 N–H and O–H groups in total. The van der Waals surface area contributed by atoms with Crippen LogP contribution in [0.2, 0.25) is 0 Å². The van der Waals surface area contributed by atoms with Gasteiger partial charge in [0.05, 0.1) is 6.42 Å². The number of hydrogen-bond acceptors (Lipinski definition) is 2. The summed E-state index contributed by atoms with van der Waals surface area (Å²) >= 11 is 0. The highest BCUT2D eigenvalue weighted by molar-refractivity contribution is 5.75. The summed E-state index contributed by atoms with van der Waals surface area (Å²) in [6, 6.07) is 7.50. The average Bonchev–Trinajstić information content (AvgIpc) is 2.76. The highest BCUT2D eigenvalue weighted by Crippen LogP contribution is 2.22. The van der Waals surface area contributed by atoms with Crippen LogP contribution in [0.3, 0.4) is 0 Å². The molecule has 1 aromatic rings. The molecule has 0 aromatic heterocycles. The van der Waals surface area contributed by atoms with Crippen LogP contribution in [0.4, 0.5) is 4.79 Å². The highest BCUT2D eigenvalue weighted by Gasteiger charge is 2.29. The van der Waals surface area contributed by atoms with Gasteiger partial charge in [-0.1, -0.05) is 31.2 Å². The van der Waals surface area contributed by atoms with Crippen LogP contribution in [0.5, 0.6) is 0 Å². The zero-order valence-corrected chi connectivity index (χ0v) is 12.5. The van der Waals surface area contributed by atoms with Gasteiger partial charge in [-0.2, -0.15) is 0 Å². The molecule has 2 amide bonds. The number of carbonyl (C=O) groups is 2. The standard InChI is InChI=1S/C16H22N2O3/c1-11-7-12(2)18(10-11)16(21)17-9-14-6-4-3-5-13(14)8-15(19)20/h3-6,11-12H,7-10H2,1-2H3,(H,17,21)(H,19,20). The van der Waals surface area contributed by atoms with Gasteiger partial charge in [-0.3, -0.25) is 4.79 Å². The monoisotopic (exact) mass is 290 g/mol. The lowest BCUT2D eigenvalue weighted by molar-refractivity contribution is -0.136. The topological polar surface area (TPSA) is 69.6 Å². The zero-order chi connectivity index (χ0) is 15.4. The lowest BCUT2D eigenvalue weighted by Gasteiger charge is -2.22. The first-order chi connectivity index (χ1) is 9.97. The molecule has 21 heavy (non-hydrogen) atoms. The van der Waals surface area contributed by atoms with Crippen molar-refractivity contribution in [2.24, 2.45) is 5.92 Å². The van der Waals surface area contributed by atoms with E-state index in [0.29, 0.717) is 12.5 Å². The number of carboxylic acid groups (broad SMARTS) is 1. The molecule has 1 aliphatic heterocycles. The summed E-state index contributed by atoms with van der Waals surface area (Å²) < 4.78 is 0. The lowest BCUT2D eigenvalue weighted by atomic mass is 10.0. The van der Waals surface area contributed by atoms with E-state index in [2.05, 4.69) is 19.2 Å².